The standard InChI is InChI=1S/C47H37N5/c1-5-14-42-32(4)41-20-13-12-19-37(41)29-43(42)39-26-38(33-21-23-36(24-22-33)44-48-30(2)25-31(3)49-44)27-40(28-39)47-51-45(34-15-8-6-9-16-34)50-46(52-47)35-17-10-7-11-18-35/h5-29H,1-4H3/b14-5-. The predicted octanol–water partition coefficient (Wildman–Crippen LogP) is 11.8. The maximum Gasteiger partial charge on any atom is 0.164 e. The van der Waals surface area contributed by atoms with Gasteiger partial charge in [-0.15, -0.1) is 0 Å². The molecule has 6 aromatic carbocycles. The van der Waals surface area contributed by atoms with Crippen molar-refractivity contribution in [2.75, 3.05) is 0 Å². The molecule has 0 atom stereocenters. The van der Waals surface area contributed by atoms with Gasteiger partial charge in [0.05, 0.1) is 0 Å². The van der Waals surface area contributed by atoms with Crippen LogP contribution >= 0.6 is 0 Å². The van der Waals surface area contributed by atoms with E-state index in [0.717, 1.165) is 61.7 Å². The molecule has 0 amide bonds. The van der Waals surface area contributed by atoms with E-state index in [2.05, 4.69) is 98.8 Å². The van der Waals surface area contributed by atoms with Gasteiger partial charge >= 0.3 is 0 Å². The molecule has 0 fully saturated rings. The fourth-order valence-corrected chi connectivity index (χ4v) is 6.85. The van der Waals surface area contributed by atoms with Crippen molar-refractivity contribution >= 4 is 16.8 Å². The van der Waals surface area contributed by atoms with Crippen LogP contribution in [0.15, 0.2) is 146 Å². The van der Waals surface area contributed by atoms with Crippen LogP contribution in [0.1, 0.15) is 29.4 Å². The number of fused-ring (bicyclic) bond motifs is 1. The van der Waals surface area contributed by atoms with Gasteiger partial charge in [-0.05, 0) is 102 Å². The van der Waals surface area contributed by atoms with Crippen molar-refractivity contribution in [1.29, 1.82) is 0 Å². The number of rotatable bonds is 7. The summed E-state index contributed by atoms with van der Waals surface area (Å²) in [4.78, 5) is 24.6. The van der Waals surface area contributed by atoms with Gasteiger partial charge in [0.25, 0.3) is 0 Å². The minimum absolute atomic E-state index is 0.612. The number of hydrogen-bond acceptors (Lipinski definition) is 5. The summed E-state index contributed by atoms with van der Waals surface area (Å²) >= 11 is 0. The van der Waals surface area contributed by atoms with E-state index in [1.165, 1.54) is 21.9 Å². The number of allylic oxidation sites excluding steroid dienone is 1. The van der Waals surface area contributed by atoms with Crippen LogP contribution in [-0.2, 0) is 0 Å². The van der Waals surface area contributed by atoms with Crippen molar-refractivity contribution in [3.63, 3.8) is 0 Å². The lowest BCUT2D eigenvalue weighted by atomic mass is 9.88. The molecule has 52 heavy (non-hydrogen) atoms. The highest BCUT2D eigenvalue weighted by molar-refractivity contribution is 5.96. The molecule has 0 aliphatic heterocycles. The van der Waals surface area contributed by atoms with Crippen LogP contribution in [0, 0.1) is 20.8 Å². The van der Waals surface area contributed by atoms with E-state index in [0.29, 0.717) is 17.5 Å². The molecule has 5 nitrogen and oxygen atoms in total. The molecule has 0 unspecified atom stereocenters. The Kier molecular flexibility index (Phi) is 8.76. The number of hydrogen-bond donors (Lipinski definition) is 0. The average Bonchev–Trinajstić information content (AvgIpc) is 3.19. The minimum atomic E-state index is 0.612. The Labute approximate surface area is 304 Å². The quantitative estimate of drug-likeness (QED) is 0.169. The molecule has 0 bridgehead atoms. The summed E-state index contributed by atoms with van der Waals surface area (Å²) in [5.74, 6) is 2.60. The molecule has 0 saturated carbocycles. The van der Waals surface area contributed by atoms with Crippen molar-refractivity contribution in [2.45, 2.75) is 27.7 Å². The highest BCUT2D eigenvalue weighted by Gasteiger charge is 2.17. The van der Waals surface area contributed by atoms with Crippen molar-refractivity contribution < 1.29 is 0 Å². The van der Waals surface area contributed by atoms with Gasteiger partial charge in [-0.2, -0.15) is 0 Å². The first-order valence-corrected chi connectivity index (χ1v) is 17.5. The summed E-state index contributed by atoms with van der Waals surface area (Å²) in [5, 5.41) is 2.45. The summed E-state index contributed by atoms with van der Waals surface area (Å²) in [5.41, 5.74) is 12.5. The summed E-state index contributed by atoms with van der Waals surface area (Å²) in [6, 6.07) is 48.3. The van der Waals surface area contributed by atoms with E-state index in [1.807, 2.05) is 80.6 Å². The Hall–Kier alpha value is -6.59. The Balaban J connectivity index is 1.36. The number of aryl methyl sites for hydroxylation is 3. The van der Waals surface area contributed by atoms with Crippen molar-refractivity contribution in [1.82, 2.24) is 24.9 Å². The maximum absolute atomic E-state index is 5.11. The van der Waals surface area contributed by atoms with Crippen LogP contribution < -0.4 is 0 Å². The van der Waals surface area contributed by atoms with Crippen LogP contribution in [-0.4, -0.2) is 24.9 Å². The van der Waals surface area contributed by atoms with Crippen LogP contribution in [0.4, 0.5) is 0 Å². The number of nitrogens with zero attached hydrogens (tertiary/aromatic N) is 5. The summed E-state index contributed by atoms with van der Waals surface area (Å²) in [7, 11) is 0. The van der Waals surface area contributed by atoms with E-state index in [4.69, 9.17) is 24.9 Å². The lowest BCUT2D eigenvalue weighted by Crippen LogP contribution is -2.01. The lowest BCUT2D eigenvalue weighted by molar-refractivity contribution is 1.06. The average molecular weight is 672 g/mol. The fraction of sp³-hybridized carbons (Fsp3) is 0.0851. The van der Waals surface area contributed by atoms with Gasteiger partial charge in [-0.1, -0.05) is 121 Å². The minimum Gasteiger partial charge on any atom is -0.233 e. The summed E-state index contributed by atoms with van der Waals surface area (Å²) < 4.78 is 0. The smallest absolute Gasteiger partial charge is 0.164 e. The molecule has 0 saturated heterocycles. The Morgan fingerprint density at radius 2 is 0.885 bits per heavy atom. The molecule has 250 valence electrons. The van der Waals surface area contributed by atoms with Crippen molar-refractivity contribution in [3.8, 4) is 67.8 Å². The molecule has 0 aliphatic carbocycles. The lowest BCUT2D eigenvalue weighted by Gasteiger charge is -2.17. The van der Waals surface area contributed by atoms with Gasteiger partial charge < -0.3 is 0 Å². The third-order valence-corrected chi connectivity index (χ3v) is 9.35. The molecule has 0 radical (unpaired) electrons. The fourth-order valence-electron chi connectivity index (χ4n) is 6.85. The first-order chi connectivity index (χ1) is 25.4. The van der Waals surface area contributed by atoms with Gasteiger partial charge in [0.15, 0.2) is 23.3 Å². The molecule has 5 heteroatoms. The number of benzene rings is 6. The molecular formula is C47H37N5. The molecule has 8 rings (SSSR count). The monoisotopic (exact) mass is 671 g/mol. The molecule has 0 aliphatic rings. The van der Waals surface area contributed by atoms with Crippen LogP contribution in [0.5, 0.6) is 0 Å². The van der Waals surface area contributed by atoms with Gasteiger partial charge in [0, 0.05) is 33.6 Å². The van der Waals surface area contributed by atoms with Gasteiger partial charge in [-0.3, -0.25) is 0 Å². The van der Waals surface area contributed by atoms with Crippen LogP contribution in [0.3, 0.4) is 0 Å². The normalized spacial score (nSPS) is 11.4. The van der Waals surface area contributed by atoms with Gasteiger partial charge in [0.1, 0.15) is 0 Å². The zero-order chi connectivity index (χ0) is 35.6. The predicted molar refractivity (Wildman–Crippen MR) is 214 cm³/mol. The zero-order valence-corrected chi connectivity index (χ0v) is 29.7. The van der Waals surface area contributed by atoms with Crippen LogP contribution in [0.2, 0.25) is 0 Å². The van der Waals surface area contributed by atoms with Crippen molar-refractivity contribution in [2.24, 2.45) is 0 Å². The number of aromatic nitrogens is 5. The van der Waals surface area contributed by atoms with Crippen molar-refractivity contribution in [3.05, 3.63) is 168 Å². The molecule has 2 aromatic heterocycles. The maximum atomic E-state index is 5.11. The Morgan fingerprint density at radius 3 is 1.50 bits per heavy atom. The van der Waals surface area contributed by atoms with E-state index in [1.54, 1.807) is 0 Å². The Morgan fingerprint density at radius 1 is 0.404 bits per heavy atom. The SMILES string of the molecule is C/C=C\c1c(-c2cc(-c3ccc(-c4nc(C)cc(C)n4)cc3)cc(-c3nc(-c4ccccc4)nc(-c4ccccc4)n3)c2)cc2ccccc2c1C. The largest absolute Gasteiger partial charge is 0.233 e. The van der Waals surface area contributed by atoms with Gasteiger partial charge in [-0.25, -0.2) is 24.9 Å². The first kappa shape index (κ1) is 32.6. The highest BCUT2D eigenvalue weighted by Crippen LogP contribution is 2.38. The summed E-state index contributed by atoms with van der Waals surface area (Å²) in [6.45, 7) is 8.29. The molecule has 0 spiro atoms. The molecule has 0 N–H and O–H groups in total. The van der Waals surface area contributed by atoms with E-state index in [-0.39, 0.29) is 0 Å². The highest BCUT2D eigenvalue weighted by atomic mass is 15.0. The molecule has 8 aromatic rings. The Bertz CT molecular complexity index is 2510. The second kappa shape index (κ2) is 14.0. The van der Waals surface area contributed by atoms with E-state index < -0.39 is 0 Å². The van der Waals surface area contributed by atoms with E-state index >= 15 is 0 Å². The molecule has 2 heterocycles. The van der Waals surface area contributed by atoms with Crippen LogP contribution in [0.25, 0.3) is 84.7 Å². The second-order valence-corrected chi connectivity index (χ2v) is 13.1. The zero-order valence-electron chi connectivity index (χ0n) is 29.7. The second-order valence-electron chi connectivity index (χ2n) is 13.1. The summed E-state index contributed by atoms with van der Waals surface area (Å²) in [6.07, 6.45) is 4.33. The van der Waals surface area contributed by atoms with Gasteiger partial charge in [0.2, 0.25) is 0 Å². The topological polar surface area (TPSA) is 64.5 Å². The first-order valence-electron chi connectivity index (χ1n) is 17.5. The molecular weight excluding hydrogens is 635 g/mol. The van der Waals surface area contributed by atoms with E-state index in [9.17, 15) is 0 Å². The third-order valence-electron chi connectivity index (χ3n) is 9.35. The third kappa shape index (κ3) is 6.52.